The fourth-order valence-electron chi connectivity index (χ4n) is 4.66. The number of hydrogen-bond acceptors (Lipinski definition) is 8. The Bertz CT molecular complexity index is 1530. The summed E-state index contributed by atoms with van der Waals surface area (Å²) in [5, 5.41) is 7.28. The minimum Gasteiger partial charge on any atom is -0.488 e. The maximum absolute atomic E-state index is 12.8. The molecule has 0 saturated carbocycles. The minimum atomic E-state index is -4.38. The van der Waals surface area contributed by atoms with Gasteiger partial charge in [0.2, 0.25) is 0 Å². The first-order valence-corrected chi connectivity index (χ1v) is 13.5. The Morgan fingerprint density at radius 2 is 1.90 bits per heavy atom. The van der Waals surface area contributed by atoms with Gasteiger partial charge in [0.05, 0.1) is 10.9 Å². The van der Waals surface area contributed by atoms with E-state index < -0.39 is 11.7 Å². The zero-order valence-electron chi connectivity index (χ0n) is 23.3. The predicted molar refractivity (Wildman–Crippen MR) is 153 cm³/mol. The maximum Gasteiger partial charge on any atom is 0.416 e. The molecule has 13 heteroatoms. The highest BCUT2D eigenvalue weighted by molar-refractivity contribution is 5.92. The van der Waals surface area contributed by atoms with Gasteiger partial charge in [-0.05, 0) is 62.0 Å². The number of nitrogens with zero attached hydrogens (tertiary/aromatic N) is 4. The van der Waals surface area contributed by atoms with E-state index in [9.17, 15) is 18.0 Å². The van der Waals surface area contributed by atoms with Gasteiger partial charge in [0.25, 0.3) is 5.91 Å². The van der Waals surface area contributed by atoms with Crippen LogP contribution in [-0.4, -0.2) is 77.6 Å². The Hall–Kier alpha value is -4.52. The summed E-state index contributed by atoms with van der Waals surface area (Å²) in [6.07, 6.45) is -0.173. The molecule has 222 valence electrons. The van der Waals surface area contributed by atoms with Crippen molar-refractivity contribution in [2.24, 2.45) is 0 Å². The van der Waals surface area contributed by atoms with Gasteiger partial charge in [-0.1, -0.05) is 0 Å². The summed E-state index contributed by atoms with van der Waals surface area (Å²) in [7, 11) is 3.79. The van der Waals surface area contributed by atoms with Crippen molar-refractivity contribution >= 4 is 34.1 Å². The smallest absolute Gasteiger partial charge is 0.416 e. The topological polar surface area (TPSA) is 108 Å². The number of aromatic nitrogens is 3. The van der Waals surface area contributed by atoms with Crippen LogP contribution in [0.25, 0.3) is 11.0 Å². The largest absolute Gasteiger partial charge is 0.488 e. The molecular weight excluding hydrogens is 551 g/mol. The van der Waals surface area contributed by atoms with Gasteiger partial charge in [-0.15, -0.1) is 0 Å². The quantitative estimate of drug-likeness (QED) is 0.286. The van der Waals surface area contributed by atoms with E-state index in [-0.39, 0.29) is 19.1 Å². The van der Waals surface area contributed by atoms with E-state index in [4.69, 9.17) is 9.47 Å². The Kier molecular flexibility index (Phi) is 8.67. The number of benzene rings is 2. The molecule has 0 aliphatic carbocycles. The van der Waals surface area contributed by atoms with Crippen molar-refractivity contribution in [2.45, 2.75) is 19.1 Å². The molecule has 2 aromatic heterocycles. The number of halogens is 3. The number of hydrogen-bond donors (Lipinski definition) is 3. The van der Waals surface area contributed by atoms with Gasteiger partial charge in [0.15, 0.2) is 18.1 Å². The Morgan fingerprint density at radius 3 is 2.69 bits per heavy atom. The summed E-state index contributed by atoms with van der Waals surface area (Å²) in [6.45, 7) is 2.41. The zero-order valence-corrected chi connectivity index (χ0v) is 23.3. The number of likely N-dealkylation sites (N-methyl/N-ethyl adjacent to an activating group) is 1. The third-order valence-corrected chi connectivity index (χ3v) is 6.91. The summed E-state index contributed by atoms with van der Waals surface area (Å²) in [4.78, 5) is 28.7. The van der Waals surface area contributed by atoms with Crippen molar-refractivity contribution in [3.63, 3.8) is 0 Å². The lowest BCUT2D eigenvalue weighted by Gasteiger charge is -2.22. The van der Waals surface area contributed by atoms with Crippen LogP contribution in [0.2, 0.25) is 0 Å². The number of nitrogens with one attached hydrogen (secondary N) is 3. The SMILES string of the molecule is CN1CCCN(C)C(=O)COc2cc(ccc2OCCNc2ccc(C(F)(F)F)cc2)Nc2ncnc3[nH]cc(c23)C1. The van der Waals surface area contributed by atoms with Crippen LogP contribution in [0.3, 0.4) is 0 Å². The van der Waals surface area contributed by atoms with Gasteiger partial charge in [-0.3, -0.25) is 4.79 Å². The molecule has 0 atom stereocenters. The number of anilines is 3. The lowest BCUT2D eigenvalue weighted by atomic mass is 10.2. The van der Waals surface area contributed by atoms with E-state index in [0.717, 1.165) is 41.7 Å². The molecule has 1 amide bonds. The first kappa shape index (κ1) is 29.0. The number of H-pyrrole nitrogens is 1. The molecule has 0 radical (unpaired) electrons. The molecule has 2 aromatic carbocycles. The second kappa shape index (κ2) is 12.6. The summed E-state index contributed by atoms with van der Waals surface area (Å²) < 4.78 is 50.3. The monoisotopic (exact) mass is 583 g/mol. The second-order valence-electron chi connectivity index (χ2n) is 10.1. The average Bonchev–Trinajstić information content (AvgIpc) is 3.37. The van der Waals surface area contributed by atoms with Crippen LogP contribution in [0.5, 0.6) is 11.5 Å². The summed E-state index contributed by atoms with van der Waals surface area (Å²) >= 11 is 0. The highest BCUT2D eigenvalue weighted by Gasteiger charge is 2.29. The van der Waals surface area contributed by atoms with Gasteiger partial charge < -0.3 is 34.9 Å². The van der Waals surface area contributed by atoms with E-state index in [0.29, 0.717) is 48.3 Å². The van der Waals surface area contributed by atoms with E-state index in [1.54, 1.807) is 24.1 Å². The van der Waals surface area contributed by atoms with Crippen molar-refractivity contribution in [3.8, 4) is 11.5 Å². The van der Waals surface area contributed by atoms with Gasteiger partial charge in [0, 0.05) is 50.3 Å². The molecule has 10 nitrogen and oxygen atoms in total. The highest BCUT2D eigenvalue weighted by atomic mass is 19.4. The molecular formula is C29H32F3N7O3. The van der Waals surface area contributed by atoms with Gasteiger partial charge in [0.1, 0.15) is 24.4 Å². The lowest BCUT2D eigenvalue weighted by molar-refractivity contribution is -0.137. The molecule has 5 rings (SSSR count). The average molecular weight is 584 g/mol. The number of rotatable bonds is 5. The van der Waals surface area contributed by atoms with E-state index in [1.165, 1.54) is 18.5 Å². The highest BCUT2D eigenvalue weighted by Crippen LogP contribution is 2.34. The molecule has 2 bridgehead atoms. The fourth-order valence-corrected chi connectivity index (χ4v) is 4.66. The van der Waals surface area contributed by atoms with Crippen molar-refractivity contribution in [1.29, 1.82) is 0 Å². The Balaban J connectivity index is 1.34. The molecule has 0 fully saturated rings. The van der Waals surface area contributed by atoms with Crippen LogP contribution in [0.15, 0.2) is 55.0 Å². The molecule has 0 unspecified atom stereocenters. The van der Waals surface area contributed by atoms with Crippen molar-refractivity contribution in [3.05, 3.63) is 66.1 Å². The first-order chi connectivity index (χ1) is 20.2. The summed E-state index contributed by atoms with van der Waals surface area (Å²) in [5.41, 5.74) is 2.27. The van der Waals surface area contributed by atoms with Crippen LogP contribution in [0.4, 0.5) is 30.4 Å². The van der Waals surface area contributed by atoms with Crippen LogP contribution in [0.1, 0.15) is 17.5 Å². The van der Waals surface area contributed by atoms with Crippen LogP contribution in [0, 0.1) is 0 Å². The number of alkyl halides is 3. The molecule has 1 aliphatic heterocycles. The van der Waals surface area contributed by atoms with Crippen molar-refractivity contribution in [2.75, 3.05) is 57.6 Å². The molecule has 3 heterocycles. The zero-order chi connectivity index (χ0) is 29.7. The molecule has 1 aliphatic rings. The van der Waals surface area contributed by atoms with Crippen LogP contribution >= 0.6 is 0 Å². The van der Waals surface area contributed by atoms with Crippen molar-refractivity contribution in [1.82, 2.24) is 24.8 Å². The third kappa shape index (κ3) is 7.03. The number of amides is 1. The minimum absolute atomic E-state index is 0.163. The lowest BCUT2D eigenvalue weighted by Crippen LogP contribution is -2.33. The maximum atomic E-state index is 12.8. The van der Waals surface area contributed by atoms with E-state index in [2.05, 4.69) is 30.5 Å². The molecule has 3 N–H and O–H groups in total. The number of fused-ring (bicyclic) bond motifs is 2. The predicted octanol–water partition coefficient (Wildman–Crippen LogP) is 4.88. The molecule has 4 aromatic rings. The standard InChI is InChI=1S/C29H32F3N7O3/c1-38-11-3-12-39(2)25(40)17-42-24-14-22(37-28-26-19(16-38)15-34-27(26)35-18-36-28)8-9-23(24)41-13-10-33-21-6-4-20(5-7-21)29(30,31)32/h4-9,14-15,18,33H,3,10-13,16-17H2,1-2H3,(H2,34,35,36,37). The number of carbonyl (C=O) groups excluding carboxylic acids is 1. The third-order valence-electron chi connectivity index (χ3n) is 6.91. The number of ether oxygens (including phenoxy) is 2. The van der Waals surface area contributed by atoms with E-state index in [1.807, 2.05) is 19.3 Å². The second-order valence-corrected chi connectivity index (χ2v) is 10.1. The number of carbonyl (C=O) groups is 1. The summed E-state index contributed by atoms with van der Waals surface area (Å²) in [5.74, 6) is 1.25. The fraction of sp³-hybridized carbons (Fsp3) is 0.345. The first-order valence-electron chi connectivity index (χ1n) is 13.5. The molecule has 0 spiro atoms. The van der Waals surface area contributed by atoms with Crippen LogP contribution in [-0.2, 0) is 17.5 Å². The van der Waals surface area contributed by atoms with Crippen LogP contribution < -0.4 is 20.1 Å². The molecule has 0 saturated heterocycles. The van der Waals surface area contributed by atoms with Gasteiger partial charge in [-0.2, -0.15) is 13.2 Å². The van der Waals surface area contributed by atoms with Crippen molar-refractivity contribution < 1.29 is 27.4 Å². The summed E-state index contributed by atoms with van der Waals surface area (Å²) in [6, 6.07) is 10.1. The van der Waals surface area contributed by atoms with E-state index >= 15 is 0 Å². The van der Waals surface area contributed by atoms with Gasteiger partial charge in [-0.25, -0.2) is 9.97 Å². The Morgan fingerprint density at radius 1 is 1.10 bits per heavy atom. The molecule has 42 heavy (non-hydrogen) atoms. The number of aromatic amines is 1. The Labute approximate surface area is 240 Å². The normalized spacial score (nSPS) is 15.3. The van der Waals surface area contributed by atoms with Gasteiger partial charge >= 0.3 is 6.18 Å².